The number of carbonyl (C=O) groups is 4. The molecule has 0 aliphatic carbocycles. The van der Waals surface area contributed by atoms with Crippen LogP contribution >= 0.6 is 11.8 Å². The smallest absolute Gasteiger partial charge is 0.138 e. The molecule has 12 nitrogen and oxygen atoms in total. The van der Waals surface area contributed by atoms with Crippen LogP contribution in [0.2, 0.25) is 0 Å². The molecule has 0 spiro atoms. The average molecular weight is 522 g/mol. The Hall–Kier alpha value is -4.43. The summed E-state index contributed by atoms with van der Waals surface area (Å²) in [5, 5.41) is 54.8. The van der Waals surface area contributed by atoms with E-state index in [0.717, 1.165) is 26.5 Å². The Labute approximate surface area is 215 Å². The first-order valence-corrected chi connectivity index (χ1v) is 11.3. The van der Waals surface area contributed by atoms with Crippen molar-refractivity contribution in [1.82, 2.24) is 14.8 Å². The predicted molar refractivity (Wildman–Crippen MR) is 119 cm³/mol. The summed E-state index contributed by atoms with van der Waals surface area (Å²) in [5.41, 5.74) is 1.34. The number of pyridine rings is 1. The normalized spacial score (nSPS) is 10.4. The van der Waals surface area contributed by atoms with Crippen LogP contribution in [0.15, 0.2) is 41.3 Å². The molecule has 1 heterocycles. The molecule has 0 amide bonds. The zero-order valence-corrected chi connectivity index (χ0v) is 20.0. The van der Waals surface area contributed by atoms with Crippen LogP contribution < -0.4 is 20.4 Å². The van der Waals surface area contributed by atoms with Crippen LogP contribution in [0.1, 0.15) is 22.5 Å². The lowest BCUT2D eigenvalue weighted by Crippen LogP contribution is -2.44. The molecule has 1 aromatic heterocycles. The van der Waals surface area contributed by atoms with E-state index in [0.29, 0.717) is 11.1 Å². The molecule has 1 aromatic carbocycles. The first-order valence-electron chi connectivity index (χ1n) is 10.5. The number of nitrogens with zero attached hydrogens (tertiary/aromatic N) is 4. The van der Waals surface area contributed by atoms with Crippen LogP contribution in [0.3, 0.4) is 0 Å². The van der Waals surface area contributed by atoms with E-state index in [-0.39, 0.29) is 24.5 Å². The van der Waals surface area contributed by atoms with E-state index in [9.17, 15) is 39.6 Å². The van der Waals surface area contributed by atoms with Gasteiger partial charge in [-0.3, -0.25) is 14.8 Å². The van der Waals surface area contributed by atoms with Gasteiger partial charge in [0.05, 0.1) is 35.3 Å². The first-order chi connectivity index (χ1) is 17.5. The number of aromatic nitrogens is 1. The molecule has 0 saturated carbocycles. The number of aliphatic carboxylic acids is 4. The number of hydrogen-bond acceptors (Lipinski definition) is 13. The number of carbonyl (C=O) groups excluding carboxylic acids is 4. The van der Waals surface area contributed by atoms with Gasteiger partial charge in [-0.15, -0.1) is 0 Å². The Morgan fingerprint density at radius 2 is 1.14 bits per heavy atom. The van der Waals surface area contributed by atoms with Crippen molar-refractivity contribution in [2.75, 3.05) is 26.2 Å². The molecule has 0 unspecified atom stereocenters. The van der Waals surface area contributed by atoms with Gasteiger partial charge in [-0.25, -0.2) is 0 Å². The molecule has 0 saturated heterocycles. The maximum absolute atomic E-state index is 11.0. The summed E-state index contributed by atoms with van der Waals surface area (Å²) in [6, 6.07) is 9.76. The fourth-order valence-corrected chi connectivity index (χ4v) is 3.59. The van der Waals surface area contributed by atoms with Gasteiger partial charge in [0, 0.05) is 55.3 Å². The SMILES string of the molecule is N#CSc1ccc(C#Cc2cc(CN(CC(=O)[O-])CC(=O)[O-])nc(CN(CC(=O)[O-])CC(=O)[O-])c2)cc1. The molecule has 0 aliphatic rings. The van der Waals surface area contributed by atoms with Crippen LogP contribution in [0.5, 0.6) is 0 Å². The Morgan fingerprint density at radius 1 is 0.730 bits per heavy atom. The summed E-state index contributed by atoms with van der Waals surface area (Å²) in [5.74, 6) is -0.298. The number of rotatable bonds is 13. The minimum Gasteiger partial charge on any atom is -0.549 e. The fourth-order valence-electron chi connectivity index (χ4n) is 3.21. The minimum absolute atomic E-state index is 0.187. The van der Waals surface area contributed by atoms with Crippen molar-refractivity contribution < 1.29 is 39.6 Å². The van der Waals surface area contributed by atoms with Gasteiger partial charge in [-0.1, -0.05) is 11.8 Å². The summed E-state index contributed by atoms with van der Waals surface area (Å²) < 4.78 is 0. The lowest BCUT2D eigenvalue weighted by Gasteiger charge is -2.24. The highest BCUT2D eigenvalue weighted by atomic mass is 32.2. The van der Waals surface area contributed by atoms with E-state index >= 15 is 0 Å². The monoisotopic (exact) mass is 522 g/mol. The topological polar surface area (TPSA) is 204 Å². The average Bonchev–Trinajstić information content (AvgIpc) is 2.77. The van der Waals surface area contributed by atoms with Crippen molar-refractivity contribution in [3.8, 4) is 17.2 Å². The summed E-state index contributed by atoms with van der Waals surface area (Å²) in [7, 11) is 0. The molecule has 0 fully saturated rings. The van der Waals surface area contributed by atoms with Gasteiger partial charge in [-0.2, -0.15) is 5.26 Å². The second-order valence-corrected chi connectivity index (χ2v) is 8.44. The summed E-state index contributed by atoms with van der Waals surface area (Å²) in [6.07, 6.45) is 0. The molecule has 0 bridgehead atoms. The van der Waals surface area contributed by atoms with Gasteiger partial charge >= 0.3 is 0 Å². The van der Waals surface area contributed by atoms with Gasteiger partial charge < -0.3 is 39.6 Å². The van der Waals surface area contributed by atoms with E-state index in [4.69, 9.17) is 5.26 Å². The Morgan fingerprint density at radius 3 is 1.51 bits per heavy atom. The fraction of sp³-hybridized carbons (Fsp3) is 0.250. The van der Waals surface area contributed by atoms with Crippen LogP contribution in [0, 0.1) is 22.5 Å². The van der Waals surface area contributed by atoms with E-state index in [1.807, 2.05) is 5.40 Å². The van der Waals surface area contributed by atoms with E-state index in [2.05, 4.69) is 16.8 Å². The van der Waals surface area contributed by atoms with Crippen LogP contribution in [-0.2, 0) is 32.3 Å². The first kappa shape index (κ1) is 28.8. The second-order valence-electron chi connectivity index (χ2n) is 7.58. The Kier molecular flexibility index (Phi) is 11.1. The zero-order chi connectivity index (χ0) is 27.4. The third-order valence-electron chi connectivity index (χ3n) is 4.48. The van der Waals surface area contributed by atoms with Gasteiger partial charge in [0.2, 0.25) is 0 Å². The van der Waals surface area contributed by atoms with Crippen LogP contribution in [-0.4, -0.2) is 64.8 Å². The molecule has 37 heavy (non-hydrogen) atoms. The largest absolute Gasteiger partial charge is 0.549 e. The molecule has 13 heteroatoms. The van der Waals surface area contributed by atoms with E-state index < -0.39 is 50.1 Å². The number of carboxylic acids is 4. The summed E-state index contributed by atoms with van der Waals surface area (Å²) in [6.45, 7) is -3.42. The maximum Gasteiger partial charge on any atom is 0.138 e. The van der Waals surface area contributed by atoms with Gasteiger partial charge in [-0.05, 0) is 48.2 Å². The number of hydrogen-bond donors (Lipinski definition) is 0. The Balaban J connectivity index is 2.43. The molecule has 0 aliphatic heterocycles. The third kappa shape index (κ3) is 11.2. The zero-order valence-electron chi connectivity index (χ0n) is 19.2. The number of thioether (sulfide) groups is 1. The molecule has 2 rings (SSSR count). The number of benzene rings is 1. The van der Waals surface area contributed by atoms with Crippen LogP contribution in [0.25, 0.3) is 0 Å². The highest BCUT2D eigenvalue weighted by Crippen LogP contribution is 2.16. The van der Waals surface area contributed by atoms with Crippen molar-refractivity contribution in [3.05, 3.63) is 58.9 Å². The molecule has 192 valence electrons. The Bertz CT molecular complexity index is 1180. The standard InChI is InChI=1S/C24H22N4O8S/c25-15-37-20-5-3-16(4-6-20)1-2-17-7-18(9-27(11-21(29)30)12-22(31)32)26-19(8-17)10-28(13-23(33)34)14-24(35)36/h3-8H,9-14H2,(H,29,30)(H,31,32)(H,33,34)(H,35,36)/p-4. The second kappa shape index (κ2) is 14.2. The third-order valence-corrected chi connectivity index (χ3v) is 5.08. The number of carboxylic acid groups (broad SMARTS) is 4. The molecule has 0 atom stereocenters. The van der Waals surface area contributed by atoms with E-state index in [1.165, 1.54) is 12.1 Å². The predicted octanol–water partition coefficient (Wildman–Crippen LogP) is -4.34. The highest BCUT2D eigenvalue weighted by molar-refractivity contribution is 8.03. The van der Waals surface area contributed by atoms with Gasteiger partial charge in [0.1, 0.15) is 5.40 Å². The molecular weight excluding hydrogens is 504 g/mol. The molecular formula is C24H18N4O8S-4. The molecule has 0 N–H and O–H groups in total. The van der Waals surface area contributed by atoms with Gasteiger partial charge in [0.25, 0.3) is 0 Å². The maximum atomic E-state index is 11.0. The highest BCUT2D eigenvalue weighted by Gasteiger charge is 2.13. The lowest BCUT2D eigenvalue weighted by atomic mass is 10.1. The number of nitriles is 1. The molecule has 2 aromatic rings. The van der Waals surface area contributed by atoms with Crippen LogP contribution in [0.4, 0.5) is 0 Å². The summed E-state index contributed by atoms with van der Waals surface area (Å²) in [4.78, 5) is 51.1. The molecule has 0 radical (unpaired) electrons. The minimum atomic E-state index is -1.52. The quantitative estimate of drug-likeness (QED) is 0.139. The number of thiocyanates is 1. The van der Waals surface area contributed by atoms with Crippen molar-refractivity contribution in [3.63, 3.8) is 0 Å². The van der Waals surface area contributed by atoms with Gasteiger partial charge in [0.15, 0.2) is 0 Å². The van der Waals surface area contributed by atoms with Crippen molar-refractivity contribution in [2.45, 2.75) is 18.0 Å². The lowest BCUT2D eigenvalue weighted by molar-refractivity contribution is -0.313. The van der Waals surface area contributed by atoms with Crippen molar-refractivity contribution >= 4 is 35.6 Å². The van der Waals surface area contributed by atoms with Crippen molar-refractivity contribution in [2.24, 2.45) is 0 Å². The van der Waals surface area contributed by atoms with Crippen molar-refractivity contribution in [1.29, 1.82) is 5.26 Å². The summed E-state index contributed by atoms with van der Waals surface area (Å²) >= 11 is 0.985. The van der Waals surface area contributed by atoms with E-state index in [1.54, 1.807) is 24.3 Å².